The number of nitrogens with zero attached hydrogens (tertiary/aromatic N) is 3. The van der Waals surface area contributed by atoms with Gasteiger partial charge in [-0.15, -0.1) is 5.10 Å². The minimum Gasteiger partial charge on any atom is -0.483 e. The highest BCUT2D eigenvalue weighted by molar-refractivity contribution is 8.18. The Hall–Kier alpha value is -4.38. The molecule has 1 N–H and O–H groups in total. The molecule has 2 amide bonds. The number of halogens is 3. The lowest BCUT2D eigenvalue weighted by Gasteiger charge is -2.13. The van der Waals surface area contributed by atoms with Crippen LogP contribution in [-0.2, 0) is 16.1 Å². The number of anilines is 1. The van der Waals surface area contributed by atoms with Crippen LogP contribution in [0.15, 0.2) is 105 Å². The molecule has 1 aliphatic heterocycles. The Bertz CT molecular complexity index is 1690. The Kier molecular flexibility index (Phi) is 9.38. The number of amidine groups is 1. The highest BCUT2D eigenvalue weighted by Gasteiger charge is 2.34. The lowest BCUT2D eigenvalue weighted by atomic mass is 10.2. The predicted octanol–water partition coefficient (Wildman–Crippen LogP) is 7.25. The first-order valence-corrected chi connectivity index (χ1v) is 14.0. The zero-order valence-corrected chi connectivity index (χ0v) is 24.0. The van der Waals surface area contributed by atoms with Crippen molar-refractivity contribution in [2.24, 2.45) is 10.2 Å². The van der Waals surface area contributed by atoms with Gasteiger partial charge in [0.2, 0.25) is 0 Å². The maximum atomic E-state index is 14.0. The second-order valence-electron chi connectivity index (χ2n) is 8.76. The first kappa shape index (κ1) is 29.1. The van der Waals surface area contributed by atoms with E-state index >= 15 is 0 Å². The summed E-state index contributed by atoms with van der Waals surface area (Å²) in [5.41, 5.74) is 1.30. The van der Waals surface area contributed by atoms with E-state index in [0.29, 0.717) is 37.7 Å². The van der Waals surface area contributed by atoms with Gasteiger partial charge in [0, 0.05) is 26.9 Å². The van der Waals surface area contributed by atoms with Crippen LogP contribution in [0.1, 0.15) is 16.9 Å². The zero-order chi connectivity index (χ0) is 29.5. The summed E-state index contributed by atoms with van der Waals surface area (Å²) in [6.07, 6.45) is 4.38. The molecular weight excluding hydrogens is 602 g/mol. The number of benzene rings is 3. The lowest BCUT2D eigenvalue weighted by Crippen LogP contribution is -2.28. The third-order valence-corrected chi connectivity index (χ3v) is 7.26. The van der Waals surface area contributed by atoms with Crippen molar-refractivity contribution < 1.29 is 23.1 Å². The molecule has 1 saturated heterocycles. The summed E-state index contributed by atoms with van der Waals surface area (Å²) in [6, 6.07) is 21.1. The van der Waals surface area contributed by atoms with E-state index in [9.17, 15) is 14.0 Å². The second kappa shape index (κ2) is 13.5. The van der Waals surface area contributed by atoms with Gasteiger partial charge in [-0.05, 0) is 78.5 Å². The number of thioether (sulfide) groups is 1. The molecule has 5 rings (SSSR count). The predicted molar refractivity (Wildman–Crippen MR) is 163 cm³/mol. The van der Waals surface area contributed by atoms with Crippen LogP contribution in [0.3, 0.4) is 0 Å². The number of carbonyl (C=O) groups is 2. The van der Waals surface area contributed by atoms with Crippen molar-refractivity contribution in [3.63, 3.8) is 0 Å². The number of hydrogen-bond donors (Lipinski definition) is 1. The van der Waals surface area contributed by atoms with Gasteiger partial charge in [-0.2, -0.15) is 5.10 Å². The van der Waals surface area contributed by atoms with E-state index in [-0.39, 0.29) is 35.7 Å². The van der Waals surface area contributed by atoms with Crippen LogP contribution < -0.4 is 10.1 Å². The largest absolute Gasteiger partial charge is 0.483 e. The molecule has 0 unspecified atom stereocenters. The molecule has 1 fully saturated rings. The molecule has 1 aromatic heterocycles. The fourth-order valence-corrected chi connectivity index (χ4v) is 5.01. The van der Waals surface area contributed by atoms with E-state index in [4.69, 9.17) is 32.4 Å². The average molecular weight is 623 g/mol. The van der Waals surface area contributed by atoms with Crippen molar-refractivity contribution in [1.82, 2.24) is 4.90 Å². The molecule has 0 saturated carbocycles. The third kappa shape index (κ3) is 7.47. The van der Waals surface area contributed by atoms with Crippen molar-refractivity contribution in [2.45, 2.75) is 6.54 Å². The number of ether oxygens (including phenoxy) is 1. The molecule has 0 radical (unpaired) electrons. The Labute approximate surface area is 254 Å². The first-order valence-electron chi connectivity index (χ1n) is 12.4. The number of hydrogen-bond acceptors (Lipinski definition) is 7. The lowest BCUT2D eigenvalue weighted by molar-refractivity contribution is -0.122. The number of carbonyl (C=O) groups excluding carboxylic acids is 2. The monoisotopic (exact) mass is 622 g/mol. The maximum absolute atomic E-state index is 14.0. The van der Waals surface area contributed by atoms with Crippen LogP contribution in [-0.4, -0.2) is 34.7 Å². The second-order valence-corrected chi connectivity index (χ2v) is 10.6. The molecular formula is C30H21Cl2FN4O4S. The normalized spacial score (nSPS) is 15.2. The topological polar surface area (TPSA) is 96.5 Å². The van der Waals surface area contributed by atoms with Gasteiger partial charge in [-0.3, -0.25) is 14.5 Å². The summed E-state index contributed by atoms with van der Waals surface area (Å²) in [5, 5.41) is 12.2. The molecule has 0 aliphatic carbocycles. The molecule has 8 nitrogen and oxygen atoms in total. The van der Waals surface area contributed by atoms with Crippen LogP contribution >= 0.6 is 35.0 Å². The molecule has 0 bridgehead atoms. The minimum absolute atomic E-state index is 0.105. The van der Waals surface area contributed by atoms with E-state index < -0.39 is 5.82 Å². The maximum Gasteiger partial charge on any atom is 0.267 e. The minimum atomic E-state index is -0.444. The van der Waals surface area contributed by atoms with Crippen molar-refractivity contribution >= 4 is 69.9 Å². The highest BCUT2D eigenvalue weighted by atomic mass is 35.5. The van der Waals surface area contributed by atoms with Crippen LogP contribution in [0.2, 0.25) is 10.0 Å². The van der Waals surface area contributed by atoms with Gasteiger partial charge >= 0.3 is 0 Å². The van der Waals surface area contributed by atoms with Gasteiger partial charge in [-0.1, -0.05) is 41.4 Å². The summed E-state index contributed by atoms with van der Waals surface area (Å²) >= 11 is 13.2. The number of nitrogens with one attached hydrogen (secondary N) is 1. The van der Waals surface area contributed by atoms with Gasteiger partial charge in [0.15, 0.2) is 11.8 Å². The highest BCUT2D eigenvalue weighted by Crippen LogP contribution is 2.36. The van der Waals surface area contributed by atoms with Crippen molar-refractivity contribution in [2.75, 3.05) is 11.9 Å². The summed E-state index contributed by atoms with van der Waals surface area (Å²) in [5.74, 6) is -0.312. The zero-order valence-electron chi connectivity index (χ0n) is 21.7. The van der Waals surface area contributed by atoms with Crippen LogP contribution in [0.5, 0.6) is 5.75 Å². The van der Waals surface area contributed by atoms with Crippen molar-refractivity contribution in [1.29, 1.82) is 0 Å². The average Bonchev–Trinajstić information content (AvgIpc) is 3.59. The van der Waals surface area contributed by atoms with E-state index in [1.54, 1.807) is 78.9 Å². The number of amides is 2. The molecule has 212 valence electrons. The molecule has 42 heavy (non-hydrogen) atoms. The number of furan rings is 1. The fraction of sp³-hybridized carbons (Fsp3) is 0.0667. The van der Waals surface area contributed by atoms with Gasteiger partial charge in [0.25, 0.3) is 11.8 Å². The van der Waals surface area contributed by atoms with Gasteiger partial charge < -0.3 is 14.5 Å². The van der Waals surface area contributed by atoms with Crippen molar-refractivity contribution in [3.8, 4) is 5.75 Å². The van der Waals surface area contributed by atoms with Crippen molar-refractivity contribution in [3.05, 3.63) is 123 Å². The molecule has 4 aromatic rings. The van der Waals surface area contributed by atoms with Crippen LogP contribution in [0.4, 0.5) is 10.1 Å². The van der Waals surface area contributed by atoms with E-state index in [1.807, 2.05) is 0 Å². The van der Waals surface area contributed by atoms with Gasteiger partial charge in [0.1, 0.15) is 17.3 Å². The summed E-state index contributed by atoms with van der Waals surface area (Å²) in [4.78, 5) is 27.7. The van der Waals surface area contributed by atoms with E-state index in [2.05, 4.69) is 15.5 Å². The summed E-state index contributed by atoms with van der Waals surface area (Å²) < 4.78 is 25.2. The number of rotatable bonds is 9. The molecule has 2 heterocycles. The standard InChI is InChI=1S/C30H21Cl2FN4O4S/c31-21-7-10-23(11-8-21)35-28(38)18-41-26-12-9-22(32)14-20(26)15-27-29(39)37(17-24-5-3-13-40-24)30(42-27)36-34-16-19-4-1-2-6-25(19)33/h1-16H,17-18H2,(H,35,38)/b27-15-,34-16-,36-30+. The Morgan fingerprint density at radius 2 is 1.81 bits per heavy atom. The Morgan fingerprint density at radius 1 is 1.02 bits per heavy atom. The molecule has 1 aliphatic rings. The Morgan fingerprint density at radius 3 is 2.57 bits per heavy atom. The molecule has 12 heteroatoms. The van der Waals surface area contributed by atoms with E-state index in [1.165, 1.54) is 23.4 Å². The fourth-order valence-electron chi connectivity index (χ4n) is 3.78. The molecule has 3 aromatic carbocycles. The molecule has 0 atom stereocenters. The first-order chi connectivity index (χ1) is 20.4. The van der Waals surface area contributed by atoms with Gasteiger partial charge in [0.05, 0.1) is 23.9 Å². The smallest absolute Gasteiger partial charge is 0.267 e. The SMILES string of the molecule is O=C(COc1ccc(Cl)cc1/C=C1\S/C(=N/N=C\c2ccccc2F)N(Cc2ccco2)C1=O)Nc1ccc(Cl)cc1. The Balaban J connectivity index is 1.37. The van der Waals surface area contributed by atoms with Gasteiger partial charge in [-0.25, -0.2) is 4.39 Å². The summed E-state index contributed by atoms with van der Waals surface area (Å²) in [7, 11) is 0. The molecule has 0 spiro atoms. The quantitative estimate of drug-likeness (QED) is 0.120. The summed E-state index contributed by atoms with van der Waals surface area (Å²) in [6.45, 7) is -0.183. The van der Waals surface area contributed by atoms with Crippen LogP contribution in [0.25, 0.3) is 6.08 Å². The third-order valence-electron chi connectivity index (χ3n) is 5.77. The van der Waals surface area contributed by atoms with Crippen LogP contribution in [0, 0.1) is 5.82 Å². The van der Waals surface area contributed by atoms with E-state index in [0.717, 1.165) is 11.8 Å².